The number of β-lactam (4-membered cyclic amide) rings is 1. The predicted molar refractivity (Wildman–Crippen MR) is 120 cm³/mol. The van der Waals surface area contributed by atoms with Crippen LogP contribution in [0, 0.1) is 0 Å². The van der Waals surface area contributed by atoms with Gasteiger partial charge in [0.15, 0.2) is 11.9 Å². The third kappa shape index (κ3) is 4.01. The molecule has 0 aromatic heterocycles. The number of nitrogens with zero attached hydrogens (tertiary/aromatic N) is 1. The highest BCUT2D eigenvalue weighted by Gasteiger charge is 2.69. The Kier molecular flexibility index (Phi) is 6.00. The average Bonchev–Trinajstić information content (AvgIpc) is 3.19. The van der Waals surface area contributed by atoms with Crippen molar-refractivity contribution in [3.05, 3.63) is 72.8 Å². The first-order chi connectivity index (χ1) is 15.7. The number of anilines is 1. The second-order valence-corrected chi connectivity index (χ2v) is 8.44. The van der Waals surface area contributed by atoms with Crippen LogP contribution in [0.15, 0.2) is 67.3 Å². The standard InChI is InChI=1S/C25H27NO7/c1-5-20(32-22(27)16-9-7-6-8-10-16)25(29)21(19-15-31-24(2,3)33-19)26(23(25)28)17-11-13-18(30-4)14-12-17/h5-14,19-21,29H,1,15H2,2-4H3/t19-,20+,21+,25-/m1/s1. The number of hydrogen-bond donors (Lipinski definition) is 1. The quantitative estimate of drug-likeness (QED) is 0.391. The SMILES string of the molecule is C=C[C@H](OC(=O)c1ccccc1)[C@]1(O)C(=O)N(c2ccc(OC)cc2)[C@H]1[C@H]1COC(C)(C)O1. The van der Waals surface area contributed by atoms with E-state index in [1.807, 2.05) is 0 Å². The summed E-state index contributed by atoms with van der Waals surface area (Å²) in [6, 6.07) is 14.3. The van der Waals surface area contributed by atoms with Gasteiger partial charge in [-0.25, -0.2) is 4.79 Å². The summed E-state index contributed by atoms with van der Waals surface area (Å²) >= 11 is 0. The van der Waals surface area contributed by atoms with Gasteiger partial charge in [0.25, 0.3) is 5.91 Å². The average molecular weight is 453 g/mol. The molecule has 2 saturated heterocycles. The summed E-state index contributed by atoms with van der Waals surface area (Å²) in [5.74, 6) is -1.56. The minimum atomic E-state index is -2.08. The maximum atomic E-state index is 13.4. The van der Waals surface area contributed by atoms with Crippen LogP contribution in [-0.2, 0) is 19.0 Å². The van der Waals surface area contributed by atoms with Crippen molar-refractivity contribution in [3.63, 3.8) is 0 Å². The molecular weight excluding hydrogens is 426 g/mol. The first-order valence-electron chi connectivity index (χ1n) is 10.6. The summed E-state index contributed by atoms with van der Waals surface area (Å²) in [6.07, 6.45) is -0.704. The number of hydrogen-bond acceptors (Lipinski definition) is 7. The van der Waals surface area contributed by atoms with Crippen LogP contribution in [0.25, 0.3) is 0 Å². The monoisotopic (exact) mass is 453 g/mol. The highest BCUT2D eigenvalue weighted by Crippen LogP contribution is 2.45. The third-order valence-electron chi connectivity index (χ3n) is 5.91. The van der Waals surface area contributed by atoms with Gasteiger partial charge in [0.05, 0.1) is 19.3 Å². The molecule has 1 amide bonds. The van der Waals surface area contributed by atoms with Gasteiger partial charge < -0.3 is 29.0 Å². The number of methoxy groups -OCH3 is 1. The van der Waals surface area contributed by atoms with E-state index in [0.717, 1.165) is 0 Å². The molecule has 0 bridgehead atoms. The Morgan fingerprint density at radius 2 is 1.88 bits per heavy atom. The van der Waals surface area contributed by atoms with Gasteiger partial charge in [0.1, 0.15) is 17.9 Å². The number of carbonyl (C=O) groups is 2. The van der Waals surface area contributed by atoms with Crippen molar-refractivity contribution in [1.82, 2.24) is 0 Å². The van der Waals surface area contributed by atoms with Gasteiger partial charge in [-0.1, -0.05) is 24.8 Å². The molecule has 1 N–H and O–H groups in total. The summed E-state index contributed by atoms with van der Waals surface area (Å²) in [7, 11) is 1.55. The number of esters is 1. The van der Waals surface area contributed by atoms with Crippen LogP contribution >= 0.6 is 0 Å². The maximum absolute atomic E-state index is 13.4. The van der Waals surface area contributed by atoms with Crippen molar-refractivity contribution < 1.29 is 33.6 Å². The summed E-state index contributed by atoms with van der Waals surface area (Å²) in [6.45, 7) is 7.36. The van der Waals surface area contributed by atoms with E-state index in [-0.39, 0.29) is 6.61 Å². The molecule has 0 aliphatic carbocycles. The van der Waals surface area contributed by atoms with Crippen molar-refractivity contribution >= 4 is 17.6 Å². The Morgan fingerprint density at radius 1 is 1.21 bits per heavy atom. The van der Waals surface area contributed by atoms with Crippen LogP contribution in [0.4, 0.5) is 5.69 Å². The van der Waals surface area contributed by atoms with Crippen LogP contribution in [0.3, 0.4) is 0 Å². The molecule has 2 heterocycles. The first-order valence-corrected chi connectivity index (χ1v) is 10.6. The van der Waals surface area contributed by atoms with E-state index in [0.29, 0.717) is 17.0 Å². The molecule has 4 atom stereocenters. The van der Waals surface area contributed by atoms with E-state index in [9.17, 15) is 14.7 Å². The number of amides is 1. The van der Waals surface area contributed by atoms with Crippen LogP contribution in [0.2, 0.25) is 0 Å². The molecule has 174 valence electrons. The van der Waals surface area contributed by atoms with Gasteiger partial charge in [-0.2, -0.15) is 0 Å². The van der Waals surface area contributed by atoms with Crippen molar-refractivity contribution in [2.45, 2.75) is 43.5 Å². The molecule has 0 spiro atoms. The highest BCUT2D eigenvalue weighted by atomic mass is 16.7. The molecule has 2 aliphatic rings. The number of aliphatic hydroxyl groups is 1. The lowest BCUT2D eigenvalue weighted by molar-refractivity contribution is -0.187. The fourth-order valence-electron chi connectivity index (χ4n) is 4.28. The molecule has 33 heavy (non-hydrogen) atoms. The van der Waals surface area contributed by atoms with Gasteiger partial charge in [-0.3, -0.25) is 4.79 Å². The normalized spacial score (nSPS) is 26.9. The Bertz CT molecular complexity index is 1040. The predicted octanol–water partition coefficient (Wildman–Crippen LogP) is 2.70. The molecule has 0 unspecified atom stereocenters. The molecule has 4 rings (SSSR count). The van der Waals surface area contributed by atoms with Gasteiger partial charge in [0, 0.05) is 5.69 Å². The second kappa shape index (κ2) is 8.62. The summed E-state index contributed by atoms with van der Waals surface area (Å²) in [5, 5.41) is 11.7. The van der Waals surface area contributed by atoms with E-state index in [4.69, 9.17) is 18.9 Å². The molecule has 2 aromatic carbocycles. The molecule has 2 aromatic rings. The third-order valence-corrected chi connectivity index (χ3v) is 5.91. The van der Waals surface area contributed by atoms with Gasteiger partial charge in [-0.15, -0.1) is 0 Å². The van der Waals surface area contributed by atoms with Crippen molar-refractivity contribution in [2.24, 2.45) is 0 Å². The smallest absolute Gasteiger partial charge is 0.338 e. The zero-order valence-electron chi connectivity index (χ0n) is 18.8. The zero-order chi connectivity index (χ0) is 23.8. The van der Waals surface area contributed by atoms with Crippen LogP contribution in [-0.4, -0.2) is 60.3 Å². The molecule has 8 heteroatoms. The summed E-state index contributed by atoms with van der Waals surface area (Å²) in [5.41, 5.74) is -1.24. The lowest BCUT2D eigenvalue weighted by atomic mass is 9.74. The topological polar surface area (TPSA) is 94.5 Å². The fourth-order valence-corrected chi connectivity index (χ4v) is 4.28. The van der Waals surface area contributed by atoms with Crippen LogP contribution in [0.5, 0.6) is 5.75 Å². The lowest BCUT2D eigenvalue weighted by Crippen LogP contribution is -2.82. The van der Waals surface area contributed by atoms with Crippen LogP contribution in [0.1, 0.15) is 24.2 Å². The van der Waals surface area contributed by atoms with Crippen molar-refractivity contribution in [3.8, 4) is 5.75 Å². The van der Waals surface area contributed by atoms with E-state index in [1.165, 1.54) is 11.0 Å². The highest BCUT2D eigenvalue weighted by molar-refractivity contribution is 6.09. The van der Waals surface area contributed by atoms with Gasteiger partial charge in [0.2, 0.25) is 5.60 Å². The number of ether oxygens (including phenoxy) is 4. The zero-order valence-corrected chi connectivity index (χ0v) is 18.8. The van der Waals surface area contributed by atoms with Gasteiger partial charge in [-0.05, 0) is 56.3 Å². The van der Waals surface area contributed by atoms with E-state index >= 15 is 0 Å². The number of benzene rings is 2. The fraction of sp³-hybridized carbons (Fsp3) is 0.360. The molecular formula is C25H27NO7. The van der Waals surface area contributed by atoms with E-state index in [2.05, 4.69) is 6.58 Å². The lowest BCUT2D eigenvalue weighted by Gasteiger charge is -2.56. The summed E-state index contributed by atoms with van der Waals surface area (Å²) < 4.78 is 22.4. The van der Waals surface area contributed by atoms with Crippen LogP contribution < -0.4 is 9.64 Å². The Hall–Kier alpha value is -3.20. The summed E-state index contributed by atoms with van der Waals surface area (Å²) in [4.78, 5) is 27.5. The molecule has 2 aliphatic heterocycles. The minimum absolute atomic E-state index is 0.149. The number of carbonyl (C=O) groups excluding carboxylic acids is 2. The Morgan fingerprint density at radius 3 is 2.42 bits per heavy atom. The Balaban J connectivity index is 1.67. The number of rotatable bonds is 7. The molecule has 8 nitrogen and oxygen atoms in total. The van der Waals surface area contributed by atoms with E-state index < -0.39 is 41.5 Å². The van der Waals surface area contributed by atoms with Gasteiger partial charge >= 0.3 is 5.97 Å². The molecule has 0 saturated carbocycles. The van der Waals surface area contributed by atoms with Crippen molar-refractivity contribution in [1.29, 1.82) is 0 Å². The Labute approximate surface area is 192 Å². The van der Waals surface area contributed by atoms with E-state index in [1.54, 1.807) is 75.6 Å². The molecule has 2 fully saturated rings. The molecule has 0 radical (unpaired) electrons. The first kappa shape index (κ1) is 23.0. The maximum Gasteiger partial charge on any atom is 0.338 e. The minimum Gasteiger partial charge on any atom is -0.497 e. The second-order valence-electron chi connectivity index (χ2n) is 8.44. The van der Waals surface area contributed by atoms with Crippen molar-refractivity contribution in [2.75, 3.05) is 18.6 Å². The largest absolute Gasteiger partial charge is 0.497 e.